The molecule has 0 aromatic heterocycles. The second-order valence-electron chi connectivity index (χ2n) is 5.82. The molecule has 0 aromatic rings. The molecule has 1 rings (SSSR count). The maximum absolute atomic E-state index is 9.26. The lowest BCUT2D eigenvalue weighted by molar-refractivity contribution is 0.0658. The maximum Gasteiger partial charge on any atom is 0.0494 e. The van der Waals surface area contributed by atoms with E-state index in [0.29, 0.717) is 6.04 Å². The van der Waals surface area contributed by atoms with Crippen molar-refractivity contribution in [3.05, 3.63) is 0 Å². The van der Waals surface area contributed by atoms with Gasteiger partial charge in [0.25, 0.3) is 0 Å². The molecular weight excluding hydrogens is 188 g/mol. The highest BCUT2D eigenvalue weighted by molar-refractivity contribution is 4.81. The van der Waals surface area contributed by atoms with E-state index in [0.717, 1.165) is 13.1 Å². The van der Waals surface area contributed by atoms with Gasteiger partial charge in [-0.3, -0.25) is 0 Å². The minimum Gasteiger partial charge on any atom is -0.396 e. The number of aliphatic hydroxyl groups excluding tert-OH is 1. The average molecular weight is 214 g/mol. The zero-order chi connectivity index (χ0) is 11.5. The summed E-state index contributed by atoms with van der Waals surface area (Å²) in [5.41, 5.74) is 0.0359. The standard InChI is InChI=1S/C12H26N2O/c1-12(2,10-15)9-14-7-5-6-11(8-14)13(3)4/h11,15H,5-10H2,1-4H3. The van der Waals surface area contributed by atoms with Crippen molar-refractivity contribution in [2.24, 2.45) is 5.41 Å². The number of aliphatic hydroxyl groups is 1. The smallest absolute Gasteiger partial charge is 0.0494 e. The van der Waals surface area contributed by atoms with E-state index < -0.39 is 0 Å². The molecule has 1 unspecified atom stereocenters. The summed E-state index contributed by atoms with van der Waals surface area (Å²) in [4.78, 5) is 4.81. The third-order valence-corrected chi connectivity index (χ3v) is 3.29. The minimum absolute atomic E-state index is 0.0359. The van der Waals surface area contributed by atoms with Gasteiger partial charge in [0.2, 0.25) is 0 Å². The molecule has 0 radical (unpaired) electrons. The van der Waals surface area contributed by atoms with Gasteiger partial charge in [-0.05, 0) is 33.5 Å². The Balaban J connectivity index is 2.43. The third kappa shape index (κ3) is 4.09. The lowest BCUT2D eigenvalue weighted by atomic mass is 9.92. The molecule has 0 spiro atoms. The Morgan fingerprint density at radius 2 is 2.07 bits per heavy atom. The Morgan fingerprint density at radius 1 is 1.40 bits per heavy atom. The van der Waals surface area contributed by atoms with Crippen LogP contribution in [0.1, 0.15) is 26.7 Å². The van der Waals surface area contributed by atoms with Crippen molar-refractivity contribution < 1.29 is 5.11 Å². The Morgan fingerprint density at radius 3 is 2.60 bits per heavy atom. The van der Waals surface area contributed by atoms with Crippen molar-refractivity contribution in [2.45, 2.75) is 32.7 Å². The van der Waals surface area contributed by atoms with E-state index in [1.54, 1.807) is 0 Å². The molecular formula is C12H26N2O. The van der Waals surface area contributed by atoms with E-state index in [-0.39, 0.29) is 12.0 Å². The molecule has 1 atom stereocenters. The van der Waals surface area contributed by atoms with Crippen LogP contribution in [0, 0.1) is 5.41 Å². The first-order valence-electron chi connectivity index (χ1n) is 5.94. The average Bonchev–Trinajstić information content (AvgIpc) is 2.17. The molecule has 1 aliphatic rings. The predicted octanol–water partition coefficient (Wildman–Crippen LogP) is 1.03. The second-order valence-corrected chi connectivity index (χ2v) is 5.82. The molecule has 0 amide bonds. The fourth-order valence-electron chi connectivity index (χ4n) is 2.25. The summed E-state index contributed by atoms with van der Waals surface area (Å²) in [5.74, 6) is 0. The van der Waals surface area contributed by atoms with Crippen LogP contribution >= 0.6 is 0 Å². The molecule has 1 N–H and O–H groups in total. The van der Waals surface area contributed by atoms with Crippen LogP contribution in [0.25, 0.3) is 0 Å². The predicted molar refractivity (Wildman–Crippen MR) is 64.0 cm³/mol. The summed E-state index contributed by atoms with van der Waals surface area (Å²) in [5, 5.41) is 9.26. The number of likely N-dealkylation sites (N-methyl/N-ethyl adjacent to an activating group) is 1. The largest absolute Gasteiger partial charge is 0.396 e. The van der Waals surface area contributed by atoms with Crippen LogP contribution in [-0.4, -0.2) is 61.3 Å². The number of nitrogens with zero attached hydrogens (tertiary/aromatic N) is 2. The molecule has 0 aromatic carbocycles. The van der Waals surface area contributed by atoms with E-state index in [9.17, 15) is 5.11 Å². The highest BCUT2D eigenvalue weighted by Gasteiger charge is 2.26. The summed E-state index contributed by atoms with van der Waals surface area (Å²) in [6, 6.07) is 0.688. The topological polar surface area (TPSA) is 26.7 Å². The van der Waals surface area contributed by atoms with Gasteiger partial charge in [0.05, 0.1) is 0 Å². The van der Waals surface area contributed by atoms with E-state index in [2.05, 4.69) is 37.7 Å². The number of hydrogen-bond donors (Lipinski definition) is 1. The van der Waals surface area contributed by atoms with Gasteiger partial charge in [-0.15, -0.1) is 0 Å². The summed E-state index contributed by atoms with van der Waals surface area (Å²) in [7, 11) is 4.32. The SMILES string of the molecule is CN(C)C1CCCN(CC(C)(C)CO)C1. The van der Waals surface area contributed by atoms with E-state index in [4.69, 9.17) is 0 Å². The summed E-state index contributed by atoms with van der Waals surface area (Å²) in [6.45, 7) is 7.88. The van der Waals surface area contributed by atoms with Crippen LogP contribution < -0.4 is 0 Å². The van der Waals surface area contributed by atoms with E-state index >= 15 is 0 Å². The number of likely N-dealkylation sites (tertiary alicyclic amines) is 1. The van der Waals surface area contributed by atoms with Crippen molar-refractivity contribution in [3.63, 3.8) is 0 Å². The van der Waals surface area contributed by atoms with Gasteiger partial charge in [-0.1, -0.05) is 13.8 Å². The first kappa shape index (κ1) is 12.9. The maximum atomic E-state index is 9.26. The van der Waals surface area contributed by atoms with Gasteiger partial charge in [-0.2, -0.15) is 0 Å². The Bertz CT molecular complexity index is 192. The normalized spacial score (nSPS) is 24.8. The molecule has 1 aliphatic heterocycles. The van der Waals surface area contributed by atoms with Gasteiger partial charge in [0, 0.05) is 31.2 Å². The highest BCUT2D eigenvalue weighted by atomic mass is 16.3. The van der Waals surface area contributed by atoms with Crippen LogP contribution in [0.3, 0.4) is 0 Å². The molecule has 3 heteroatoms. The molecule has 1 heterocycles. The Hall–Kier alpha value is -0.120. The van der Waals surface area contributed by atoms with Gasteiger partial charge >= 0.3 is 0 Å². The summed E-state index contributed by atoms with van der Waals surface area (Å²) in [6.07, 6.45) is 2.59. The zero-order valence-corrected chi connectivity index (χ0v) is 10.7. The Kier molecular flexibility index (Phi) is 4.56. The van der Waals surface area contributed by atoms with Crippen molar-refractivity contribution >= 4 is 0 Å². The molecule has 15 heavy (non-hydrogen) atoms. The first-order chi connectivity index (χ1) is 6.94. The zero-order valence-electron chi connectivity index (χ0n) is 10.7. The van der Waals surface area contributed by atoms with Crippen LogP contribution in [0.15, 0.2) is 0 Å². The quantitative estimate of drug-likeness (QED) is 0.757. The van der Waals surface area contributed by atoms with Crippen molar-refractivity contribution in [1.82, 2.24) is 9.80 Å². The van der Waals surface area contributed by atoms with Crippen LogP contribution in [0.4, 0.5) is 0 Å². The lowest BCUT2D eigenvalue weighted by Gasteiger charge is -2.39. The minimum atomic E-state index is 0.0359. The fourth-order valence-corrected chi connectivity index (χ4v) is 2.25. The van der Waals surface area contributed by atoms with E-state index in [1.165, 1.54) is 19.4 Å². The first-order valence-corrected chi connectivity index (χ1v) is 5.94. The number of rotatable bonds is 4. The summed E-state index contributed by atoms with van der Waals surface area (Å²) < 4.78 is 0. The third-order valence-electron chi connectivity index (χ3n) is 3.29. The highest BCUT2D eigenvalue weighted by Crippen LogP contribution is 2.20. The second kappa shape index (κ2) is 5.28. The van der Waals surface area contributed by atoms with Crippen molar-refractivity contribution in [1.29, 1.82) is 0 Å². The molecule has 1 saturated heterocycles. The Labute approximate surface area is 94.1 Å². The fraction of sp³-hybridized carbons (Fsp3) is 1.00. The molecule has 0 aliphatic carbocycles. The van der Waals surface area contributed by atoms with Gasteiger partial charge in [0.1, 0.15) is 0 Å². The van der Waals surface area contributed by atoms with E-state index in [1.807, 2.05) is 0 Å². The molecule has 0 bridgehead atoms. The van der Waals surface area contributed by atoms with Crippen LogP contribution in [-0.2, 0) is 0 Å². The van der Waals surface area contributed by atoms with Crippen molar-refractivity contribution in [3.8, 4) is 0 Å². The van der Waals surface area contributed by atoms with Gasteiger partial charge in [-0.25, -0.2) is 0 Å². The van der Waals surface area contributed by atoms with Crippen molar-refractivity contribution in [2.75, 3.05) is 40.3 Å². The molecule has 90 valence electrons. The summed E-state index contributed by atoms with van der Waals surface area (Å²) >= 11 is 0. The van der Waals surface area contributed by atoms with Crippen LogP contribution in [0.2, 0.25) is 0 Å². The molecule has 3 nitrogen and oxygen atoms in total. The van der Waals surface area contributed by atoms with Crippen LogP contribution in [0.5, 0.6) is 0 Å². The van der Waals surface area contributed by atoms with Gasteiger partial charge < -0.3 is 14.9 Å². The number of hydrogen-bond acceptors (Lipinski definition) is 3. The number of piperidine rings is 1. The molecule has 1 fully saturated rings. The molecule has 0 saturated carbocycles. The van der Waals surface area contributed by atoms with Gasteiger partial charge in [0.15, 0.2) is 0 Å². The lowest BCUT2D eigenvalue weighted by Crippen LogP contribution is -2.48. The monoisotopic (exact) mass is 214 g/mol.